The Kier molecular flexibility index (Phi) is 5.91. The van der Waals surface area contributed by atoms with E-state index < -0.39 is 6.61 Å². The molecule has 4 nitrogen and oxygen atoms in total. The summed E-state index contributed by atoms with van der Waals surface area (Å²) in [5.74, 6) is 3.24. The van der Waals surface area contributed by atoms with Crippen LogP contribution in [0, 0.1) is 5.92 Å². The zero-order valence-electron chi connectivity index (χ0n) is 14.7. The Morgan fingerprint density at radius 2 is 1.96 bits per heavy atom. The summed E-state index contributed by atoms with van der Waals surface area (Å²) >= 11 is 0. The summed E-state index contributed by atoms with van der Waals surface area (Å²) in [6, 6.07) is 10.4. The molecule has 1 saturated carbocycles. The van der Waals surface area contributed by atoms with Gasteiger partial charge < -0.3 is 14.5 Å². The number of rotatable bonds is 9. The van der Waals surface area contributed by atoms with Crippen LogP contribution >= 0.6 is 0 Å². The number of hydrogen-bond donors (Lipinski definition) is 1. The van der Waals surface area contributed by atoms with Gasteiger partial charge in [0, 0.05) is 25.3 Å². The first kappa shape index (κ1) is 18.4. The molecule has 6 heteroatoms. The van der Waals surface area contributed by atoms with Crippen molar-refractivity contribution in [3.05, 3.63) is 53.5 Å². The minimum absolute atomic E-state index is 0.0274. The molecule has 1 aromatic heterocycles. The lowest BCUT2D eigenvalue weighted by Gasteiger charge is -2.07. The maximum absolute atomic E-state index is 12.1. The van der Waals surface area contributed by atoms with E-state index in [-0.39, 0.29) is 11.7 Å². The zero-order chi connectivity index (χ0) is 18.5. The Labute approximate surface area is 151 Å². The average Bonchev–Trinajstić information content (AvgIpc) is 3.15. The second-order valence-corrected chi connectivity index (χ2v) is 6.75. The van der Waals surface area contributed by atoms with Crippen LogP contribution < -0.4 is 10.1 Å². The molecule has 1 fully saturated rings. The number of carbonyl (C=O) groups is 1. The summed E-state index contributed by atoms with van der Waals surface area (Å²) in [6.45, 7) is -0.116. The van der Waals surface area contributed by atoms with Crippen LogP contribution in [0.2, 0.25) is 0 Å². The first-order valence-electron chi connectivity index (χ1n) is 8.90. The molecular formula is C20H23F2NO3. The lowest BCUT2D eigenvalue weighted by molar-refractivity contribution is -0.121. The lowest BCUT2D eigenvalue weighted by Crippen LogP contribution is -2.25. The zero-order valence-corrected chi connectivity index (χ0v) is 14.7. The molecule has 2 atom stereocenters. The van der Waals surface area contributed by atoms with Gasteiger partial charge in [0.2, 0.25) is 5.91 Å². The topological polar surface area (TPSA) is 51.5 Å². The van der Waals surface area contributed by atoms with Gasteiger partial charge in [-0.05, 0) is 48.6 Å². The predicted octanol–water partition coefficient (Wildman–Crippen LogP) is 4.30. The van der Waals surface area contributed by atoms with Crippen molar-refractivity contribution in [2.75, 3.05) is 6.54 Å². The monoisotopic (exact) mass is 363 g/mol. The molecule has 1 amide bonds. The van der Waals surface area contributed by atoms with Gasteiger partial charge in [0.05, 0.1) is 0 Å². The second kappa shape index (κ2) is 8.34. The van der Waals surface area contributed by atoms with Crippen molar-refractivity contribution in [3.63, 3.8) is 0 Å². The maximum atomic E-state index is 12.1. The lowest BCUT2D eigenvalue weighted by atomic mass is 10.1. The van der Waals surface area contributed by atoms with Crippen LogP contribution in [-0.2, 0) is 17.6 Å². The molecule has 1 N–H and O–H groups in total. The molecule has 0 bridgehead atoms. The molecule has 2 aromatic rings. The smallest absolute Gasteiger partial charge is 0.387 e. The predicted molar refractivity (Wildman–Crippen MR) is 93.3 cm³/mol. The van der Waals surface area contributed by atoms with Gasteiger partial charge in [0.15, 0.2) is 0 Å². The van der Waals surface area contributed by atoms with Crippen molar-refractivity contribution in [1.82, 2.24) is 5.32 Å². The maximum Gasteiger partial charge on any atom is 0.387 e. The molecule has 0 radical (unpaired) electrons. The van der Waals surface area contributed by atoms with Crippen LogP contribution in [0.1, 0.15) is 42.8 Å². The average molecular weight is 363 g/mol. The number of benzene rings is 1. The molecular weight excluding hydrogens is 340 g/mol. The summed E-state index contributed by atoms with van der Waals surface area (Å²) in [7, 11) is 0. The van der Waals surface area contributed by atoms with E-state index in [0.717, 1.165) is 17.1 Å². The summed E-state index contributed by atoms with van der Waals surface area (Å²) in [6.07, 6.45) is 2.79. The minimum atomic E-state index is -2.82. The Morgan fingerprint density at radius 1 is 1.23 bits per heavy atom. The molecule has 140 valence electrons. The van der Waals surface area contributed by atoms with E-state index in [2.05, 4.69) is 17.0 Å². The number of aryl methyl sites for hydroxylation is 1. The van der Waals surface area contributed by atoms with Crippen LogP contribution in [0.4, 0.5) is 8.78 Å². The van der Waals surface area contributed by atoms with Crippen molar-refractivity contribution in [3.8, 4) is 5.75 Å². The summed E-state index contributed by atoms with van der Waals surface area (Å²) in [5, 5.41) is 2.87. The van der Waals surface area contributed by atoms with Gasteiger partial charge in [-0.2, -0.15) is 8.78 Å². The summed E-state index contributed by atoms with van der Waals surface area (Å²) < 4.78 is 34.3. The first-order valence-corrected chi connectivity index (χ1v) is 8.90. The van der Waals surface area contributed by atoms with E-state index in [1.54, 1.807) is 12.1 Å². The van der Waals surface area contributed by atoms with E-state index in [1.807, 2.05) is 12.1 Å². The molecule has 1 aromatic carbocycles. The third-order valence-electron chi connectivity index (χ3n) is 4.64. The number of alkyl halides is 2. The van der Waals surface area contributed by atoms with Gasteiger partial charge >= 0.3 is 6.61 Å². The normalized spacial score (nSPS) is 18.8. The highest BCUT2D eigenvalue weighted by atomic mass is 19.3. The molecule has 1 aliphatic carbocycles. The van der Waals surface area contributed by atoms with E-state index in [0.29, 0.717) is 37.6 Å². The third-order valence-corrected chi connectivity index (χ3v) is 4.64. The molecule has 1 aliphatic rings. The van der Waals surface area contributed by atoms with Crippen LogP contribution in [0.5, 0.6) is 5.75 Å². The molecule has 2 unspecified atom stereocenters. The highest BCUT2D eigenvalue weighted by Crippen LogP contribution is 2.47. The molecule has 3 rings (SSSR count). The Balaban J connectivity index is 1.34. The summed E-state index contributed by atoms with van der Waals surface area (Å²) in [5.41, 5.74) is 0.946. The number of amides is 1. The number of ether oxygens (including phenoxy) is 1. The van der Waals surface area contributed by atoms with Crippen LogP contribution in [0.15, 0.2) is 40.8 Å². The van der Waals surface area contributed by atoms with Crippen LogP contribution in [0.3, 0.4) is 0 Å². The summed E-state index contributed by atoms with van der Waals surface area (Å²) in [4.78, 5) is 11.9. The number of hydrogen-bond acceptors (Lipinski definition) is 3. The Morgan fingerprint density at radius 3 is 2.62 bits per heavy atom. The van der Waals surface area contributed by atoms with E-state index in [4.69, 9.17) is 4.42 Å². The molecule has 0 saturated heterocycles. The van der Waals surface area contributed by atoms with Crippen LogP contribution in [-0.4, -0.2) is 19.1 Å². The van der Waals surface area contributed by atoms with Gasteiger partial charge in [-0.3, -0.25) is 4.79 Å². The van der Waals surface area contributed by atoms with Crippen LogP contribution in [0.25, 0.3) is 0 Å². The van der Waals surface area contributed by atoms with E-state index in [9.17, 15) is 13.6 Å². The van der Waals surface area contributed by atoms with Crippen molar-refractivity contribution in [1.29, 1.82) is 0 Å². The Hall–Kier alpha value is -2.37. The minimum Gasteiger partial charge on any atom is -0.466 e. The number of nitrogens with one attached hydrogen (secondary N) is 1. The molecule has 0 spiro atoms. The standard InChI is InChI=1S/C20H23F2NO3/c1-13-12-17(13)18-8-6-15(25-18)7-9-19(24)23-11-10-14-2-4-16(5-3-14)26-20(21)22/h2-6,8,13,17,20H,7,9-12H2,1H3,(H,23,24). The van der Waals surface area contributed by atoms with Crippen molar-refractivity contribution < 1.29 is 22.7 Å². The van der Waals surface area contributed by atoms with Gasteiger partial charge in [0.25, 0.3) is 0 Å². The van der Waals surface area contributed by atoms with Gasteiger partial charge in [0.1, 0.15) is 17.3 Å². The van der Waals surface area contributed by atoms with Gasteiger partial charge in [-0.25, -0.2) is 0 Å². The third kappa shape index (κ3) is 5.31. The quantitative estimate of drug-likeness (QED) is 0.723. The van der Waals surface area contributed by atoms with Gasteiger partial charge in [-0.15, -0.1) is 0 Å². The fourth-order valence-electron chi connectivity index (χ4n) is 2.96. The Bertz CT molecular complexity index is 727. The first-order chi connectivity index (χ1) is 12.5. The fraction of sp³-hybridized carbons (Fsp3) is 0.450. The molecule has 26 heavy (non-hydrogen) atoms. The number of furan rings is 1. The molecule has 0 aliphatic heterocycles. The second-order valence-electron chi connectivity index (χ2n) is 6.75. The number of halogens is 2. The number of carbonyl (C=O) groups excluding carboxylic acids is 1. The van der Waals surface area contributed by atoms with E-state index >= 15 is 0 Å². The SMILES string of the molecule is CC1CC1c1ccc(CCC(=O)NCCc2ccc(OC(F)F)cc2)o1. The highest BCUT2D eigenvalue weighted by Gasteiger charge is 2.36. The largest absolute Gasteiger partial charge is 0.466 e. The van der Waals surface area contributed by atoms with Crippen molar-refractivity contribution in [2.24, 2.45) is 5.92 Å². The van der Waals surface area contributed by atoms with Crippen molar-refractivity contribution >= 4 is 5.91 Å². The fourth-order valence-corrected chi connectivity index (χ4v) is 2.96. The highest BCUT2D eigenvalue weighted by molar-refractivity contribution is 5.76. The van der Waals surface area contributed by atoms with Crippen molar-refractivity contribution in [2.45, 2.75) is 45.1 Å². The van der Waals surface area contributed by atoms with E-state index in [1.165, 1.54) is 18.6 Å². The van der Waals surface area contributed by atoms with Gasteiger partial charge in [-0.1, -0.05) is 19.1 Å². The molecule has 1 heterocycles.